The van der Waals surface area contributed by atoms with Gasteiger partial charge in [-0.3, -0.25) is 0 Å². The van der Waals surface area contributed by atoms with Gasteiger partial charge in [-0.15, -0.1) is 0 Å². The summed E-state index contributed by atoms with van der Waals surface area (Å²) in [6.45, 7) is 25.8. The number of rotatable bonds is 22. The lowest BCUT2D eigenvalue weighted by Gasteiger charge is -2.31. The number of anilines is 6. The smallest absolute Gasteiger partial charge is 0.229 e. The number of fused-ring (bicyclic) bond motifs is 9. The van der Waals surface area contributed by atoms with Crippen molar-refractivity contribution in [1.82, 2.24) is 73.3 Å². The van der Waals surface area contributed by atoms with Crippen LogP contribution in [0.5, 0.6) is 17.2 Å². The molecule has 0 atom stereocenters. The summed E-state index contributed by atoms with van der Waals surface area (Å²) in [6.07, 6.45) is 21.4. The number of hydrogen-bond donors (Lipinski definition) is 4. The summed E-state index contributed by atoms with van der Waals surface area (Å²) >= 11 is 0. The van der Waals surface area contributed by atoms with Gasteiger partial charge in [-0.2, -0.15) is 0 Å². The minimum absolute atomic E-state index is 0.0250. The summed E-state index contributed by atoms with van der Waals surface area (Å²) in [4.78, 5) is 45.8. The number of aliphatic hydroxyl groups is 1. The average molecular weight is 1610 g/mol. The lowest BCUT2D eigenvalue weighted by atomic mass is 9.98. The van der Waals surface area contributed by atoms with Gasteiger partial charge in [0, 0.05) is 79.7 Å². The van der Waals surface area contributed by atoms with Crippen LogP contribution < -0.4 is 30.2 Å². The molecule has 0 unspecified atom stereocenters. The fourth-order valence-electron chi connectivity index (χ4n) is 17.6. The molecule has 12 aromatic rings. The summed E-state index contributed by atoms with van der Waals surface area (Å²) in [7, 11) is 2.14. The fraction of sp³-hybridized carbons (Fsp3) is 0.433. The molecule has 0 aliphatic carbocycles. The van der Waals surface area contributed by atoms with E-state index in [2.05, 4.69) is 145 Å². The van der Waals surface area contributed by atoms with Crippen molar-refractivity contribution in [2.75, 3.05) is 102 Å². The Hall–Kier alpha value is -10.8. The average Bonchev–Trinajstić information content (AvgIpc) is 1.59. The van der Waals surface area contributed by atoms with Gasteiger partial charge in [0.1, 0.15) is 69.2 Å². The van der Waals surface area contributed by atoms with Crippen LogP contribution in [0.1, 0.15) is 130 Å². The molecular weight excluding hydrogens is 1510 g/mol. The molecule has 0 radical (unpaired) electrons. The number of ether oxygens (including phenoxy) is 3. The van der Waals surface area contributed by atoms with E-state index in [1.165, 1.54) is 18.2 Å². The third-order valence-corrected chi connectivity index (χ3v) is 24.4. The number of benzene rings is 3. The predicted octanol–water partition coefficient (Wildman–Crippen LogP) is 17.9. The summed E-state index contributed by atoms with van der Waals surface area (Å²) in [5.41, 5.74) is 6.31. The van der Waals surface area contributed by atoms with Crippen LogP contribution in [0.4, 0.5) is 61.6 Å². The van der Waals surface area contributed by atoms with Gasteiger partial charge >= 0.3 is 0 Å². The highest BCUT2D eigenvalue weighted by molar-refractivity contribution is 5.90. The highest BCUT2D eigenvalue weighted by atomic mass is 19.1. The minimum Gasteiger partial charge on any atom is -0.492 e. The van der Waals surface area contributed by atoms with Gasteiger partial charge < -0.3 is 63.7 Å². The first-order valence-corrected chi connectivity index (χ1v) is 41.3. The number of aryl methyl sites for hydroxylation is 3. The summed E-state index contributed by atoms with van der Waals surface area (Å²) in [5, 5.41) is 19.7. The Labute approximate surface area is 682 Å². The zero-order valence-electron chi connectivity index (χ0n) is 68.2. The molecule has 0 amide bonds. The molecule has 118 heavy (non-hydrogen) atoms. The van der Waals surface area contributed by atoms with E-state index in [0.717, 1.165) is 188 Å². The molecule has 3 aromatic carbocycles. The zero-order valence-corrected chi connectivity index (χ0v) is 68.2. The first kappa shape index (κ1) is 81.0. The van der Waals surface area contributed by atoms with Crippen LogP contribution in [-0.4, -0.2) is 164 Å². The van der Waals surface area contributed by atoms with E-state index >= 15 is 13.2 Å². The van der Waals surface area contributed by atoms with Crippen LogP contribution in [-0.2, 0) is 35.9 Å². The number of halogens is 6. The lowest BCUT2D eigenvalue weighted by Crippen LogP contribution is -2.36. The van der Waals surface area contributed by atoms with Gasteiger partial charge in [0.25, 0.3) is 0 Å². The van der Waals surface area contributed by atoms with Crippen molar-refractivity contribution in [2.24, 2.45) is 17.8 Å². The highest BCUT2D eigenvalue weighted by Crippen LogP contribution is 2.44. The highest BCUT2D eigenvalue weighted by Gasteiger charge is 2.36. The quantitative estimate of drug-likeness (QED) is 0.0463. The second-order valence-electron chi connectivity index (χ2n) is 34.1. The number of nitrogens with zero attached hydrogens (tertiary/aromatic N) is 15. The first-order valence-electron chi connectivity index (χ1n) is 41.3. The third kappa shape index (κ3) is 17.8. The van der Waals surface area contributed by atoms with Crippen molar-refractivity contribution >= 4 is 68.0 Å². The molecule has 4 N–H and O–H groups in total. The molecule has 618 valence electrons. The lowest BCUT2D eigenvalue weighted by molar-refractivity contribution is 0.133. The SMILES string of the molecule is CC1(C)CCc2cc3c(F)cc(-c4nc(Nc5ccc(OCC6CCN(CCCO)CC6)cn5)ncc4F)cc3n21.CCN1CCC(COc2ccc(Nc3ncc(F)c(-c4cc(F)c5cc6n(c5c4)C(C)(C)CC6)n3)nc2)CC1.CN1CCC(COc2ccc(Nc3ncc(F)c(-c4cc(F)c5cc6n(c5c4)C(C)(C)CC6)n3)nc2)CC1. The molecule has 3 saturated heterocycles. The fourth-order valence-corrected chi connectivity index (χ4v) is 17.6. The monoisotopic (exact) mass is 1610 g/mol. The Balaban J connectivity index is 0.000000132. The Kier molecular flexibility index (Phi) is 23.5. The van der Waals surface area contributed by atoms with Crippen molar-refractivity contribution in [3.8, 4) is 51.0 Å². The Bertz CT molecular complexity index is 5580. The van der Waals surface area contributed by atoms with Gasteiger partial charge in [0.2, 0.25) is 17.8 Å². The normalized spacial score (nSPS) is 17.4. The van der Waals surface area contributed by atoms with Crippen molar-refractivity contribution < 1.29 is 45.7 Å². The van der Waals surface area contributed by atoms with Gasteiger partial charge in [-0.1, -0.05) is 6.92 Å². The maximum absolute atomic E-state index is 15.2. The van der Waals surface area contributed by atoms with Crippen LogP contribution in [0.15, 0.2) is 128 Å². The van der Waals surface area contributed by atoms with Crippen molar-refractivity contribution in [3.63, 3.8) is 0 Å². The van der Waals surface area contributed by atoms with Crippen molar-refractivity contribution in [2.45, 2.75) is 149 Å². The summed E-state index contributed by atoms with van der Waals surface area (Å²) in [6, 6.07) is 26.0. The third-order valence-electron chi connectivity index (χ3n) is 24.4. The topological polar surface area (TPSA) is 225 Å². The van der Waals surface area contributed by atoms with Crippen LogP contribution in [0.25, 0.3) is 66.5 Å². The molecule has 18 rings (SSSR count). The van der Waals surface area contributed by atoms with Gasteiger partial charge in [0.05, 0.1) is 73.6 Å². The van der Waals surface area contributed by atoms with E-state index < -0.39 is 23.3 Å². The van der Waals surface area contributed by atoms with Crippen LogP contribution in [0.2, 0.25) is 0 Å². The van der Waals surface area contributed by atoms with Crippen LogP contribution in [0, 0.1) is 52.7 Å². The molecule has 3 fully saturated rings. The molecule has 6 aliphatic rings. The largest absolute Gasteiger partial charge is 0.492 e. The van der Waals surface area contributed by atoms with E-state index in [0.29, 0.717) is 105 Å². The number of hydrogen-bond acceptors (Lipinski definition) is 19. The van der Waals surface area contributed by atoms with E-state index in [9.17, 15) is 13.2 Å². The molecule has 0 saturated carbocycles. The molecule has 6 aliphatic heterocycles. The van der Waals surface area contributed by atoms with E-state index in [1.54, 1.807) is 36.8 Å². The number of aromatic nitrogens is 12. The second kappa shape index (κ2) is 34.3. The van der Waals surface area contributed by atoms with Crippen LogP contribution >= 0.6 is 0 Å². The minimum atomic E-state index is -0.627. The number of likely N-dealkylation sites (tertiary alicyclic amines) is 3. The zero-order chi connectivity index (χ0) is 82.2. The Morgan fingerprint density at radius 3 is 1.03 bits per heavy atom. The van der Waals surface area contributed by atoms with E-state index in [-0.39, 0.29) is 69.8 Å². The molecule has 0 spiro atoms. The van der Waals surface area contributed by atoms with Crippen molar-refractivity contribution in [1.29, 1.82) is 0 Å². The molecule has 15 heterocycles. The summed E-state index contributed by atoms with van der Waals surface area (Å²) < 4.78 is 115. The van der Waals surface area contributed by atoms with Gasteiger partial charge in [-0.05, 0) is 287 Å². The number of aliphatic hydroxyl groups excluding tert-OH is 1. The molecular formula is C90H102F6N18O4. The van der Waals surface area contributed by atoms with Crippen molar-refractivity contribution in [3.05, 3.63) is 180 Å². The van der Waals surface area contributed by atoms with Gasteiger partial charge in [-0.25, -0.2) is 71.2 Å². The second-order valence-corrected chi connectivity index (χ2v) is 34.1. The predicted molar refractivity (Wildman–Crippen MR) is 447 cm³/mol. The molecule has 28 heteroatoms. The molecule has 22 nitrogen and oxygen atoms in total. The van der Waals surface area contributed by atoms with E-state index in [4.69, 9.17) is 19.3 Å². The molecule has 0 bridgehead atoms. The maximum atomic E-state index is 15.2. The van der Waals surface area contributed by atoms with Crippen LogP contribution in [0.3, 0.4) is 0 Å². The maximum Gasteiger partial charge on any atom is 0.229 e. The molecule has 9 aromatic heterocycles. The number of piperidine rings is 3. The first-order chi connectivity index (χ1) is 56.9. The number of nitrogens with one attached hydrogen (secondary N) is 3. The van der Waals surface area contributed by atoms with Gasteiger partial charge in [0.15, 0.2) is 17.5 Å². The Morgan fingerprint density at radius 1 is 0.407 bits per heavy atom. The Morgan fingerprint density at radius 2 is 0.729 bits per heavy atom. The number of pyridine rings is 3. The standard InChI is InChI=1S/C31H36F2N6O2.C30H34F2N6O.C29H32F2N6O/c1-31(2)9-6-22-16-24-25(32)14-21(15-27(24)39(22)31)29-26(33)18-35-30(37-29)36-28-5-4-23(17-34-28)41-19-20-7-11-38(12-8-20)10-3-13-40;1-4-37-11-8-19(9-12-37)18-39-22-5-6-27(33-16-22)35-29-34-17-25(32)28(36-29)20-13-24(31)23-15-21-7-10-30(2,3)38(21)26(23)14-20;1-29(2)9-6-20-14-22-23(30)12-19(13-25(22)37(20)29)27-24(31)16-33-28(35-27)34-26-5-4-21(15-32-26)38-17-18-7-10-36(3)11-8-18/h4-5,14-18,20,40H,3,6-13,19H2,1-2H3,(H,34,35,36,37);5-6,13-17,19H,4,7-12,18H2,1-3H3,(H,33,34,35,36);4-5,12-16,18H,6-11,17H2,1-3H3,(H,32,33,34,35). The summed E-state index contributed by atoms with van der Waals surface area (Å²) in [5.74, 6) is 2.64. The van der Waals surface area contributed by atoms with E-state index in [1.807, 2.05) is 54.6 Å².